The van der Waals surface area contributed by atoms with Crippen molar-refractivity contribution in [2.45, 2.75) is 13.8 Å². The molecule has 0 fully saturated rings. The Hall–Kier alpha value is -2.30. The van der Waals surface area contributed by atoms with Gasteiger partial charge in [-0.2, -0.15) is 0 Å². The van der Waals surface area contributed by atoms with Gasteiger partial charge in [0, 0.05) is 18.9 Å². The van der Waals surface area contributed by atoms with Crippen LogP contribution in [0.1, 0.15) is 21.5 Å². The van der Waals surface area contributed by atoms with Crippen LogP contribution in [0.25, 0.3) is 0 Å². The molecule has 0 aliphatic heterocycles. The SMILES string of the molecule is COc1nn(C)cc1C(=O)Nc1cc(C)ccc1C. The van der Waals surface area contributed by atoms with Crippen molar-refractivity contribution in [1.29, 1.82) is 0 Å². The van der Waals surface area contributed by atoms with Crippen molar-refractivity contribution >= 4 is 11.6 Å². The van der Waals surface area contributed by atoms with Gasteiger partial charge in [-0.05, 0) is 31.0 Å². The first-order valence-electron chi connectivity index (χ1n) is 5.97. The molecule has 19 heavy (non-hydrogen) atoms. The summed E-state index contributed by atoms with van der Waals surface area (Å²) in [4.78, 5) is 12.2. The lowest BCUT2D eigenvalue weighted by Gasteiger charge is -2.08. The van der Waals surface area contributed by atoms with E-state index in [2.05, 4.69) is 10.4 Å². The third kappa shape index (κ3) is 2.76. The predicted molar refractivity (Wildman–Crippen MR) is 73.6 cm³/mol. The lowest BCUT2D eigenvalue weighted by atomic mass is 10.1. The quantitative estimate of drug-likeness (QED) is 0.920. The standard InChI is InChI=1S/C14H17N3O2/c1-9-5-6-10(2)12(7-9)15-13(18)11-8-17(3)16-14(11)19-4/h5-8H,1-4H3,(H,15,18). The Morgan fingerprint density at radius 3 is 2.79 bits per heavy atom. The normalized spacial score (nSPS) is 10.3. The van der Waals surface area contributed by atoms with Crippen molar-refractivity contribution in [2.24, 2.45) is 7.05 Å². The summed E-state index contributed by atoms with van der Waals surface area (Å²) in [5, 5.41) is 6.95. The molecule has 0 saturated heterocycles. The van der Waals surface area contributed by atoms with Gasteiger partial charge in [0.2, 0.25) is 5.88 Å². The maximum Gasteiger partial charge on any atom is 0.262 e. The number of hydrogen-bond acceptors (Lipinski definition) is 3. The number of aryl methyl sites for hydroxylation is 3. The molecule has 0 radical (unpaired) electrons. The monoisotopic (exact) mass is 259 g/mol. The smallest absolute Gasteiger partial charge is 0.262 e. The Labute approximate surface area is 112 Å². The van der Waals surface area contributed by atoms with E-state index in [0.717, 1.165) is 16.8 Å². The molecule has 0 spiro atoms. The molecule has 0 aliphatic rings. The summed E-state index contributed by atoms with van der Waals surface area (Å²) in [5.74, 6) is 0.101. The predicted octanol–water partition coefficient (Wildman–Crippen LogP) is 2.30. The number of nitrogens with one attached hydrogen (secondary N) is 1. The molecular formula is C14H17N3O2. The second-order valence-electron chi connectivity index (χ2n) is 4.50. The number of carbonyl (C=O) groups is 1. The molecule has 0 bridgehead atoms. The van der Waals surface area contributed by atoms with Gasteiger partial charge in [0.05, 0.1) is 7.11 Å². The van der Waals surface area contributed by atoms with Crippen LogP contribution in [0.4, 0.5) is 5.69 Å². The number of amides is 1. The molecule has 1 N–H and O–H groups in total. The van der Waals surface area contributed by atoms with E-state index < -0.39 is 0 Å². The molecule has 5 heteroatoms. The second kappa shape index (κ2) is 5.14. The number of carbonyl (C=O) groups excluding carboxylic acids is 1. The van der Waals surface area contributed by atoms with Gasteiger partial charge in [0.25, 0.3) is 5.91 Å². The highest BCUT2D eigenvalue weighted by Gasteiger charge is 2.17. The largest absolute Gasteiger partial charge is 0.479 e. The second-order valence-corrected chi connectivity index (χ2v) is 4.50. The fourth-order valence-electron chi connectivity index (χ4n) is 1.83. The number of rotatable bonds is 3. The van der Waals surface area contributed by atoms with Gasteiger partial charge >= 0.3 is 0 Å². The van der Waals surface area contributed by atoms with E-state index in [9.17, 15) is 4.79 Å². The first kappa shape index (κ1) is 13.1. The number of aromatic nitrogens is 2. The average Bonchev–Trinajstić information content (AvgIpc) is 2.75. The molecule has 100 valence electrons. The van der Waals surface area contributed by atoms with Gasteiger partial charge in [-0.25, -0.2) is 0 Å². The minimum Gasteiger partial charge on any atom is -0.479 e. The molecule has 1 heterocycles. The molecule has 1 aromatic heterocycles. The third-order valence-electron chi connectivity index (χ3n) is 2.87. The summed E-state index contributed by atoms with van der Waals surface area (Å²) in [6.07, 6.45) is 1.64. The van der Waals surface area contributed by atoms with E-state index in [4.69, 9.17) is 4.74 Å². The van der Waals surface area contributed by atoms with E-state index in [1.54, 1.807) is 17.9 Å². The molecule has 2 aromatic rings. The maximum absolute atomic E-state index is 12.2. The summed E-state index contributed by atoms with van der Waals surface area (Å²) in [6.45, 7) is 3.94. The van der Waals surface area contributed by atoms with Crippen molar-refractivity contribution in [3.05, 3.63) is 41.1 Å². The molecule has 0 unspecified atom stereocenters. The highest BCUT2D eigenvalue weighted by molar-refractivity contribution is 6.06. The molecule has 1 amide bonds. The maximum atomic E-state index is 12.2. The van der Waals surface area contributed by atoms with E-state index in [1.165, 1.54) is 7.11 Å². The van der Waals surface area contributed by atoms with Crippen LogP contribution in [0.3, 0.4) is 0 Å². The van der Waals surface area contributed by atoms with Crippen LogP contribution in [0, 0.1) is 13.8 Å². The van der Waals surface area contributed by atoms with Crippen LogP contribution in [0.2, 0.25) is 0 Å². The summed E-state index contributed by atoms with van der Waals surface area (Å²) >= 11 is 0. The average molecular weight is 259 g/mol. The summed E-state index contributed by atoms with van der Waals surface area (Å²) in [7, 11) is 3.24. The van der Waals surface area contributed by atoms with Crippen LogP contribution >= 0.6 is 0 Å². The van der Waals surface area contributed by atoms with E-state index >= 15 is 0 Å². The first-order valence-corrected chi connectivity index (χ1v) is 5.97. The van der Waals surface area contributed by atoms with Crippen molar-refractivity contribution in [1.82, 2.24) is 9.78 Å². The Balaban J connectivity index is 2.27. The summed E-state index contributed by atoms with van der Waals surface area (Å²) in [6, 6.07) is 5.93. The van der Waals surface area contributed by atoms with E-state index in [1.807, 2.05) is 32.0 Å². The van der Waals surface area contributed by atoms with E-state index in [-0.39, 0.29) is 5.91 Å². The fraction of sp³-hybridized carbons (Fsp3) is 0.286. The zero-order chi connectivity index (χ0) is 14.0. The number of methoxy groups -OCH3 is 1. The molecular weight excluding hydrogens is 242 g/mol. The number of anilines is 1. The Kier molecular flexibility index (Phi) is 3.55. The van der Waals surface area contributed by atoms with Crippen molar-refractivity contribution in [2.75, 3.05) is 12.4 Å². The minimum absolute atomic E-state index is 0.223. The zero-order valence-electron chi connectivity index (χ0n) is 11.5. The minimum atomic E-state index is -0.223. The van der Waals surface area contributed by atoms with Crippen LogP contribution in [-0.4, -0.2) is 22.8 Å². The first-order chi connectivity index (χ1) is 9.01. The highest BCUT2D eigenvalue weighted by atomic mass is 16.5. The number of nitrogens with zero attached hydrogens (tertiary/aromatic N) is 2. The molecule has 0 atom stereocenters. The number of ether oxygens (including phenoxy) is 1. The van der Waals surface area contributed by atoms with E-state index in [0.29, 0.717) is 11.4 Å². The third-order valence-corrected chi connectivity index (χ3v) is 2.87. The van der Waals surface area contributed by atoms with Crippen molar-refractivity contribution in [3.63, 3.8) is 0 Å². The van der Waals surface area contributed by atoms with Gasteiger partial charge in [0.1, 0.15) is 5.56 Å². The molecule has 2 rings (SSSR count). The van der Waals surface area contributed by atoms with Gasteiger partial charge in [-0.3, -0.25) is 9.48 Å². The number of hydrogen-bond donors (Lipinski definition) is 1. The van der Waals surface area contributed by atoms with Crippen LogP contribution in [-0.2, 0) is 7.05 Å². The Bertz CT molecular complexity index is 617. The lowest BCUT2D eigenvalue weighted by Crippen LogP contribution is -2.13. The molecule has 1 aromatic carbocycles. The fourth-order valence-corrected chi connectivity index (χ4v) is 1.83. The highest BCUT2D eigenvalue weighted by Crippen LogP contribution is 2.20. The Morgan fingerprint density at radius 1 is 1.37 bits per heavy atom. The topological polar surface area (TPSA) is 56.2 Å². The Morgan fingerprint density at radius 2 is 2.11 bits per heavy atom. The molecule has 5 nitrogen and oxygen atoms in total. The molecule has 0 aliphatic carbocycles. The van der Waals surface area contributed by atoms with Crippen molar-refractivity contribution < 1.29 is 9.53 Å². The summed E-state index contributed by atoms with van der Waals surface area (Å²) in [5.41, 5.74) is 3.34. The van der Waals surface area contributed by atoms with Gasteiger partial charge in [-0.15, -0.1) is 5.10 Å². The van der Waals surface area contributed by atoms with Crippen LogP contribution < -0.4 is 10.1 Å². The van der Waals surface area contributed by atoms with Gasteiger partial charge < -0.3 is 10.1 Å². The van der Waals surface area contributed by atoms with Gasteiger partial charge in [-0.1, -0.05) is 12.1 Å². The zero-order valence-corrected chi connectivity index (χ0v) is 11.5. The molecule has 0 saturated carbocycles. The lowest BCUT2D eigenvalue weighted by molar-refractivity contribution is 0.102. The van der Waals surface area contributed by atoms with Gasteiger partial charge in [0.15, 0.2) is 0 Å². The summed E-state index contributed by atoms with van der Waals surface area (Å²) < 4.78 is 6.64. The van der Waals surface area contributed by atoms with Crippen LogP contribution in [0.5, 0.6) is 5.88 Å². The van der Waals surface area contributed by atoms with Crippen LogP contribution in [0.15, 0.2) is 24.4 Å². The van der Waals surface area contributed by atoms with Crippen molar-refractivity contribution in [3.8, 4) is 5.88 Å². The number of benzene rings is 1.